The second-order valence-electron chi connectivity index (χ2n) is 3.59. The number of ether oxygens (including phenoxy) is 1. The number of halogens is 2. The summed E-state index contributed by atoms with van der Waals surface area (Å²) in [5.74, 6) is 0.161. The van der Waals surface area contributed by atoms with Crippen LogP contribution in [0.1, 0.15) is 0 Å². The fourth-order valence-electron chi connectivity index (χ4n) is 1.71. The van der Waals surface area contributed by atoms with Crippen molar-refractivity contribution in [3.63, 3.8) is 0 Å². The van der Waals surface area contributed by atoms with Crippen molar-refractivity contribution >= 4 is 34.9 Å². The maximum atomic E-state index is 11.8. The SMILES string of the molecule is CNC(=O)C1COCCN1c1nc(Cl)nnc1Cl. The standard InChI is InChI=1S/C9H11Cl2N5O2/c1-12-8(17)5-4-18-3-2-16(5)7-6(10)14-15-9(11)13-7/h5H,2-4H2,1H3,(H,12,17). The van der Waals surface area contributed by atoms with E-state index in [1.807, 2.05) is 0 Å². The molecule has 0 radical (unpaired) electrons. The molecule has 1 atom stereocenters. The summed E-state index contributed by atoms with van der Waals surface area (Å²) in [7, 11) is 1.56. The molecule has 1 aromatic heterocycles. The number of amides is 1. The lowest BCUT2D eigenvalue weighted by molar-refractivity contribution is -0.124. The molecule has 2 rings (SSSR count). The molecule has 18 heavy (non-hydrogen) atoms. The summed E-state index contributed by atoms with van der Waals surface area (Å²) in [5, 5.41) is 9.88. The van der Waals surface area contributed by atoms with Crippen molar-refractivity contribution in [2.24, 2.45) is 0 Å². The van der Waals surface area contributed by atoms with Crippen LogP contribution in [0.4, 0.5) is 5.82 Å². The monoisotopic (exact) mass is 291 g/mol. The zero-order valence-corrected chi connectivity index (χ0v) is 11.1. The number of aromatic nitrogens is 3. The Morgan fingerprint density at radius 3 is 3.00 bits per heavy atom. The van der Waals surface area contributed by atoms with Crippen molar-refractivity contribution in [2.45, 2.75) is 6.04 Å². The van der Waals surface area contributed by atoms with Gasteiger partial charge in [-0.15, -0.1) is 10.2 Å². The van der Waals surface area contributed by atoms with Crippen molar-refractivity contribution < 1.29 is 9.53 Å². The lowest BCUT2D eigenvalue weighted by Crippen LogP contribution is -2.53. The molecule has 0 aromatic carbocycles. The first kappa shape index (κ1) is 13.3. The Morgan fingerprint density at radius 1 is 1.50 bits per heavy atom. The minimum Gasteiger partial charge on any atom is -0.377 e. The Balaban J connectivity index is 2.33. The molecule has 1 aliphatic heterocycles. The number of anilines is 1. The number of hydrogen-bond acceptors (Lipinski definition) is 6. The number of carbonyl (C=O) groups excluding carboxylic acids is 1. The van der Waals surface area contributed by atoms with E-state index in [0.29, 0.717) is 19.0 Å². The molecule has 1 aromatic rings. The van der Waals surface area contributed by atoms with Crippen LogP contribution >= 0.6 is 23.2 Å². The number of hydrogen-bond donors (Lipinski definition) is 1. The van der Waals surface area contributed by atoms with E-state index in [1.54, 1.807) is 11.9 Å². The van der Waals surface area contributed by atoms with E-state index in [2.05, 4.69) is 20.5 Å². The topological polar surface area (TPSA) is 80.2 Å². The van der Waals surface area contributed by atoms with Crippen LogP contribution in [0, 0.1) is 0 Å². The molecule has 98 valence electrons. The highest BCUT2D eigenvalue weighted by Gasteiger charge is 2.31. The molecule has 1 saturated heterocycles. The Labute approximate surface area is 113 Å². The van der Waals surface area contributed by atoms with E-state index >= 15 is 0 Å². The molecule has 0 saturated carbocycles. The fourth-order valence-corrected chi connectivity index (χ4v) is 2.02. The van der Waals surface area contributed by atoms with Crippen LogP contribution < -0.4 is 10.2 Å². The summed E-state index contributed by atoms with van der Waals surface area (Å²) < 4.78 is 5.28. The Kier molecular flexibility index (Phi) is 4.15. The maximum absolute atomic E-state index is 11.8. The third-order valence-electron chi connectivity index (χ3n) is 2.55. The fraction of sp³-hybridized carbons (Fsp3) is 0.556. The predicted molar refractivity (Wildman–Crippen MR) is 65.9 cm³/mol. The number of likely N-dealkylation sites (N-methyl/N-ethyl adjacent to an activating group) is 1. The molecule has 0 bridgehead atoms. The summed E-state index contributed by atoms with van der Waals surface area (Å²) in [5.41, 5.74) is 0. The lowest BCUT2D eigenvalue weighted by Gasteiger charge is -2.35. The van der Waals surface area contributed by atoms with Crippen LogP contribution in [0.5, 0.6) is 0 Å². The molecule has 1 fully saturated rings. The molecule has 0 aliphatic carbocycles. The van der Waals surface area contributed by atoms with Gasteiger partial charge in [0, 0.05) is 13.6 Å². The molecular weight excluding hydrogens is 281 g/mol. The van der Waals surface area contributed by atoms with Gasteiger partial charge < -0.3 is 15.0 Å². The largest absolute Gasteiger partial charge is 0.377 e. The smallest absolute Gasteiger partial charge is 0.245 e. The molecule has 0 spiro atoms. The van der Waals surface area contributed by atoms with Gasteiger partial charge >= 0.3 is 0 Å². The molecule has 1 amide bonds. The van der Waals surface area contributed by atoms with Crippen molar-refractivity contribution in [1.29, 1.82) is 0 Å². The van der Waals surface area contributed by atoms with Crippen LogP contribution in [0.15, 0.2) is 0 Å². The van der Waals surface area contributed by atoms with Gasteiger partial charge in [-0.3, -0.25) is 4.79 Å². The average Bonchev–Trinajstić information content (AvgIpc) is 2.40. The minimum absolute atomic E-state index is 0.0171. The Hall–Kier alpha value is -1.18. The van der Waals surface area contributed by atoms with Gasteiger partial charge in [0.1, 0.15) is 6.04 Å². The van der Waals surface area contributed by atoms with E-state index in [-0.39, 0.29) is 23.0 Å². The van der Waals surface area contributed by atoms with E-state index in [1.165, 1.54) is 0 Å². The van der Waals surface area contributed by atoms with Gasteiger partial charge in [0.15, 0.2) is 11.0 Å². The Morgan fingerprint density at radius 2 is 2.28 bits per heavy atom. The number of nitrogens with one attached hydrogen (secondary N) is 1. The zero-order valence-electron chi connectivity index (χ0n) is 9.56. The average molecular weight is 292 g/mol. The second kappa shape index (κ2) is 5.64. The summed E-state index contributed by atoms with van der Waals surface area (Å²) in [6.07, 6.45) is 0. The summed E-state index contributed by atoms with van der Waals surface area (Å²) in [6.45, 7) is 1.22. The normalized spacial score (nSPS) is 19.7. The van der Waals surface area contributed by atoms with Crippen LogP contribution in [0.25, 0.3) is 0 Å². The second-order valence-corrected chi connectivity index (χ2v) is 4.29. The van der Waals surface area contributed by atoms with Crippen molar-refractivity contribution in [1.82, 2.24) is 20.5 Å². The van der Waals surface area contributed by atoms with Crippen molar-refractivity contribution in [2.75, 3.05) is 31.7 Å². The van der Waals surface area contributed by atoms with Gasteiger partial charge in [-0.25, -0.2) is 0 Å². The third kappa shape index (κ3) is 2.63. The first-order chi connectivity index (χ1) is 8.63. The van der Waals surface area contributed by atoms with E-state index < -0.39 is 6.04 Å². The van der Waals surface area contributed by atoms with Crippen molar-refractivity contribution in [3.8, 4) is 0 Å². The van der Waals surface area contributed by atoms with Gasteiger partial charge in [0.05, 0.1) is 13.2 Å². The van der Waals surface area contributed by atoms with E-state index in [0.717, 1.165) is 0 Å². The summed E-state index contributed by atoms with van der Waals surface area (Å²) in [4.78, 5) is 17.5. The quantitative estimate of drug-likeness (QED) is 0.834. The van der Waals surface area contributed by atoms with Crippen molar-refractivity contribution in [3.05, 3.63) is 10.4 Å². The van der Waals surface area contributed by atoms with Crippen LogP contribution in [-0.2, 0) is 9.53 Å². The number of carbonyl (C=O) groups is 1. The first-order valence-electron chi connectivity index (χ1n) is 5.25. The van der Waals surface area contributed by atoms with E-state index in [4.69, 9.17) is 27.9 Å². The predicted octanol–water partition coefficient (Wildman–Crippen LogP) is 0.130. The molecule has 9 heteroatoms. The molecule has 1 N–H and O–H groups in total. The van der Waals surface area contributed by atoms with Gasteiger partial charge in [0.2, 0.25) is 11.2 Å². The van der Waals surface area contributed by atoms with Gasteiger partial charge in [-0.2, -0.15) is 4.98 Å². The molecule has 1 unspecified atom stereocenters. The summed E-state index contributed by atoms with van der Waals surface area (Å²) in [6, 6.07) is -0.506. The van der Waals surface area contributed by atoms with Crippen LogP contribution in [0.3, 0.4) is 0 Å². The van der Waals surface area contributed by atoms with Gasteiger partial charge in [0.25, 0.3) is 0 Å². The summed E-state index contributed by atoms with van der Waals surface area (Å²) >= 11 is 11.6. The van der Waals surface area contributed by atoms with Crippen LogP contribution in [0.2, 0.25) is 10.4 Å². The maximum Gasteiger partial charge on any atom is 0.245 e. The van der Waals surface area contributed by atoms with Crippen LogP contribution in [-0.4, -0.2) is 53.9 Å². The highest BCUT2D eigenvalue weighted by Crippen LogP contribution is 2.25. The number of nitrogens with zero attached hydrogens (tertiary/aromatic N) is 4. The third-order valence-corrected chi connectivity index (χ3v) is 2.96. The lowest BCUT2D eigenvalue weighted by atomic mass is 10.2. The van der Waals surface area contributed by atoms with Gasteiger partial charge in [-0.1, -0.05) is 11.6 Å². The molecule has 7 nitrogen and oxygen atoms in total. The minimum atomic E-state index is -0.506. The highest BCUT2D eigenvalue weighted by molar-refractivity contribution is 6.32. The number of morpholine rings is 1. The zero-order chi connectivity index (χ0) is 13.1. The highest BCUT2D eigenvalue weighted by atomic mass is 35.5. The van der Waals surface area contributed by atoms with E-state index in [9.17, 15) is 4.79 Å². The molecular formula is C9H11Cl2N5O2. The number of rotatable bonds is 2. The Bertz CT molecular complexity index is 459. The molecule has 1 aliphatic rings. The van der Waals surface area contributed by atoms with Gasteiger partial charge in [-0.05, 0) is 11.6 Å². The first-order valence-corrected chi connectivity index (χ1v) is 6.00. The molecule has 2 heterocycles.